The Kier molecular flexibility index (Phi) is 9.50. The largest absolute Gasteiger partial charge is 0.473 e. The lowest BCUT2D eigenvalue weighted by molar-refractivity contribution is -0.143. The monoisotopic (exact) mass is 580 g/mol. The molecule has 4 N–H and O–H groups in total. The van der Waals surface area contributed by atoms with Crippen LogP contribution < -0.4 is 15.8 Å². The molecule has 2 aliphatic carbocycles. The van der Waals surface area contributed by atoms with Gasteiger partial charge in [-0.2, -0.15) is 4.98 Å². The van der Waals surface area contributed by atoms with Crippen LogP contribution >= 0.6 is 0 Å². The average Bonchev–Trinajstić information content (AvgIpc) is 3.36. The number of carbonyl (C=O) groups excluding carboxylic acids is 3. The highest BCUT2D eigenvalue weighted by Gasteiger charge is 2.49. The normalized spacial score (nSPS) is 25.5. The first kappa shape index (κ1) is 31.3. The highest BCUT2D eigenvalue weighted by atomic mass is 16.6. The molecule has 1 aromatic heterocycles. The van der Waals surface area contributed by atoms with E-state index in [-0.39, 0.29) is 52.5 Å². The van der Waals surface area contributed by atoms with Gasteiger partial charge in [0, 0.05) is 30.3 Å². The minimum absolute atomic E-state index is 0.00125. The first-order valence-corrected chi connectivity index (χ1v) is 14.9. The number of Topliss-reactive ketones (excluding diaryl/α,β-unsaturated/α-hetero) is 2. The number of nitrogens with zero attached hydrogens (tertiary/aromatic N) is 3. The van der Waals surface area contributed by atoms with Gasteiger partial charge in [-0.1, -0.05) is 6.42 Å². The van der Waals surface area contributed by atoms with E-state index in [4.69, 9.17) is 20.6 Å². The second-order valence-corrected chi connectivity index (χ2v) is 12.6. The molecule has 11 nitrogen and oxygen atoms in total. The van der Waals surface area contributed by atoms with Gasteiger partial charge in [-0.3, -0.25) is 25.2 Å². The summed E-state index contributed by atoms with van der Waals surface area (Å²) in [5, 5.41) is 11.1. The topological polar surface area (TPSA) is 161 Å². The molecule has 228 valence electrons. The van der Waals surface area contributed by atoms with Gasteiger partial charge in [-0.05, 0) is 92.3 Å². The van der Waals surface area contributed by atoms with Crippen molar-refractivity contribution in [1.29, 1.82) is 5.41 Å². The van der Waals surface area contributed by atoms with Gasteiger partial charge < -0.3 is 15.2 Å². The van der Waals surface area contributed by atoms with Crippen molar-refractivity contribution in [3.63, 3.8) is 0 Å². The van der Waals surface area contributed by atoms with Crippen LogP contribution in [-0.2, 0) is 14.3 Å². The number of carbonyl (C=O) groups is 3. The molecular formula is C31H44N6O5. The fourth-order valence-corrected chi connectivity index (χ4v) is 6.20. The van der Waals surface area contributed by atoms with Gasteiger partial charge in [0.1, 0.15) is 17.5 Å². The summed E-state index contributed by atoms with van der Waals surface area (Å²) >= 11 is 0. The summed E-state index contributed by atoms with van der Waals surface area (Å²) in [6.07, 6.45) is 8.17. The van der Waals surface area contributed by atoms with Crippen molar-refractivity contribution < 1.29 is 23.9 Å². The molecule has 1 amide bonds. The number of ketones is 2. The van der Waals surface area contributed by atoms with Gasteiger partial charge in [-0.25, -0.2) is 9.78 Å². The molecule has 3 atom stereocenters. The number of alkyl carbamates (subject to hydrolysis) is 1. The fraction of sp³-hybridized carbons (Fsp3) is 0.613. The molecule has 1 aliphatic heterocycles. The minimum atomic E-state index is -1.00. The molecule has 42 heavy (non-hydrogen) atoms. The maximum atomic E-state index is 13.8. The summed E-state index contributed by atoms with van der Waals surface area (Å²) in [6.45, 7) is 8.24. The van der Waals surface area contributed by atoms with Crippen molar-refractivity contribution in [2.45, 2.75) is 103 Å². The first-order valence-electron chi connectivity index (χ1n) is 14.9. The van der Waals surface area contributed by atoms with Gasteiger partial charge in [0.15, 0.2) is 11.6 Å². The standard InChI is InChI=1S/C31H44N6O5/c1-19(23-11-9-17-37(23)5)41-25-18-22(21(32)13-16-34-29(40)42-30(2,3)4)35-28(36-25)26(33)20-10-8-15-31(27(20)39)14-7-6-12-24(31)38/h13,16,18-19,23,32H,6-12,14-15,17,33H2,1-5H3,(H,34,40)/b16-13-,26-20?,32-21?/t19-,23-,31+/m0/s1. The predicted molar refractivity (Wildman–Crippen MR) is 159 cm³/mol. The number of allylic oxidation sites excluding steroid dienone is 2. The number of likely N-dealkylation sites (N-methyl/N-ethyl adjacent to an activating group) is 1. The number of hydrogen-bond acceptors (Lipinski definition) is 10. The predicted octanol–water partition coefficient (Wildman–Crippen LogP) is 4.30. The average molecular weight is 581 g/mol. The van der Waals surface area contributed by atoms with Crippen molar-refractivity contribution in [1.82, 2.24) is 20.2 Å². The molecule has 1 spiro atoms. The molecule has 4 rings (SSSR count). The molecule has 0 aromatic carbocycles. The van der Waals surface area contributed by atoms with Crippen LogP contribution in [-0.4, -0.2) is 69.6 Å². The van der Waals surface area contributed by atoms with E-state index in [0.29, 0.717) is 37.7 Å². The van der Waals surface area contributed by atoms with E-state index in [1.807, 2.05) is 6.92 Å². The first-order chi connectivity index (χ1) is 19.8. The van der Waals surface area contributed by atoms with Crippen LogP contribution in [0.25, 0.3) is 5.70 Å². The van der Waals surface area contributed by atoms with Crippen LogP contribution in [0.15, 0.2) is 23.9 Å². The number of rotatable bonds is 7. The third-order valence-electron chi connectivity index (χ3n) is 8.35. The molecule has 1 aromatic rings. The molecule has 2 saturated carbocycles. The minimum Gasteiger partial charge on any atom is -0.473 e. The molecule has 11 heteroatoms. The smallest absolute Gasteiger partial charge is 0.411 e. The zero-order valence-corrected chi connectivity index (χ0v) is 25.4. The Morgan fingerprint density at radius 2 is 1.93 bits per heavy atom. The van der Waals surface area contributed by atoms with Crippen LogP contribution in [0, 0.1) is 10.8 Å². The van der Waals surface area contributed by atoms with Crippen LogP contribution in [0.3, 0.4) is 0 Å². The summed E-state index contributed by atoms with van der Waals surface area (Å²) in [5.41, 5.74) is 5.60. The van der Waals surface area contributed by atoms with E-state index in [1.54, 1.807) is 26.8 Å². The van der Waals surface area contributed by atoms with E-state index in [9.17, 15) is 14.4 Å². The second kappa shape index (κ2) is 12.7. The number of amides is 1. The second-order valence-electron chi connectivity index (χ2n) is 12.6. The Morgan fingerprint density at radius 3 is 2.60 bits per heavy atom. The Hall–Kier alpha value is -3.60. The Labute approximate surface area is 247 Å². The Morgan fingerprint density at radius 1 is 1.19 bits per heavy atom. The van der Waals surface area contributed by atoms with Gasteiger partial charge in [0.25, 0.3) is 0 Å². The third-order valence-corrected chi connectivity index (χ3v) is 8.35. The van der Waals surface area contributed by atoms with Crippen LogP contribution in [0.1, 0.15) is 97.0 Å². The highest BCUT2D eigenvalue weighted by Crippen LogP contribution is 2.45. The summed E-state index contributed by atoms with van der Waals surface area (Å²) < 4.78 is 11.5. The van der Waals surface area contributed by atoms with Gasteiger partial charge >= 0.3 is 6.09 Å². The maximum absolute atomic E-state index is 13.8. The number of nitrogens with one attached hydrogen (secondary N) is 2. The fourth-order valence-electron chi connectivity index (χ4n) is 6.20. The van der Waals surface area contributed by atoms with Gasteiger partial charge in [0.05, 0.1) is 22.5 Å². The van der Waals surface area contributed by atoms with Gasteiger partial charge in [-0.15, -0.1) is 0 Å². The molecular weight excluding hydrogens is 536 g/mol. The summed E-state index contributed by atoms with van der Waals surface area (Å²) in [6, 6.07) is 1.76. The third kappa shape index (κ3) is 7.06. The molecule has 0 radical (unpaired) electrons. The van der Waals surface area contributed by atoms with Crippen molar-refractivity contribution >= 4 is 29.1 Å². The number of nitrogens with two attached hydrogens (primary N) is 1. The van der Waals surface area contributed by atoms with E-state index in [0.717, 1.165) is 32.2 Å². The molecule has 1 saturated heterocycles. The quantitative estimate of drug-likeness (QED) is 0.243. The van der Waals surface area contributed by atoms with Crippen molar-refractivity contribution in [2.75, 3.05) is 13.6 Å². The number of likely N-dealkylation sites (tertiary alicyclic amines) is 1. The van der Waals surface area contributed by atoms with Crippen molar-refractivity contribution in [2.24, 2.45) is 11.1 Å². The van der Waals surface area contributed by atoms with E-state index in [1.165, 1.54) is 12.3 Å². The van der Waals surface area contributed by atoms with Crippen molar-refractivity contribution in [3.05, 3.63) is 35.4 Å². The number of aromatic nitrogens is 2. The van der Waals surface area contributed by atoms with E-state index >= 15 is 0 Å². The zero-order chi connectivity index (χ0) is 30.7. The van der Waals surface area contributed by atoms with E-state index in [2.05, 4.69) is 27.2 Å². The molecule has 3 aliphatic rings. The van der Waals surface area contributed by atoms with Gasteiger partial charge in [0.2, 0.25) is 5.88 Å². The SMILES string of the molecule is C[C@H](Oc1cc(C(=N)/C=C\NC(=O)OC(C)(C)C)nc(C(N)=C2CCC[C@@]3(CCCCC3=O)C2=O)n1)[C@@H]1CCCN1C. The molecule has 0 bridgehead atoms. The lowest BCUT2D eigenvalue weighted by atomic mass is 9.62. The summed E-state index contributed by atoms with van der Waals surface area (Å²) in [4.78, 5) is 50.1. The molecule has 0 unspecified atom stereocenters. The summed E-state index contributed by atoms with van der Waals surface area (Å²) in [7, 11) is 2.06. The summed E-state index contributed by atoms with van der Waals surface area (Å²) in [5.74, 6) is 0.0963. The van der Waals surface area contributed by atoms with Crippen LogP contribution in [0.5, 0.6) is 5.88 Å². The number of hydrogen-bond donors (Lipinski definition) is 3. The van der Waals surface area contributed by atoms with E-state index < -0.39 is 17.1 Å². The Bertz CT molecular complexity index is 1290. The van der Waals surface area contributed by atoms with Crippen LogP contribution in [0.4, 0.5) is 4.79 Å². The van der Waals surface area contributed by atoms with Crippen LogP contribution in [0.2, 0.25) is 0 Å². The lowest BCUT2D eigenvalue weighted by Gasteiger charge is -2.38. The molecule has 2 heterocycles. The zero-order valence-electron chi connectivity index (χ0n) is 25.4. The van der Waals surface area contributed by atoms with Crippen molar-refractivity contribution in [3.8, 4) is 5.88 Å². The highest BCUT2D eigenvalue weighted by molar-refractivity contribution is 6.17. The Balaban J connectivity index is 1.66. The number of ether oxygens (including phenoxy) is 2. The molecule has 3 fully saturated rings. The maximum Gasteiger partial charge on any atom is 0.411 e. The lowest BCUT2D eigenvalue weighted by Crippen LogP contribution is -2.45.